The van der Waals surface area contributed by atoms with Crippen molar-refractivity contribution in [2.24, 2.45) is 0 Å². The fraction of sp³-hybridized carbons (Fsp3) is 0.286. The number of nitrogens with one attached hydrogen (secondary N) is 1. The lowest BCUT2D eigenvalue weighted by atomic mass is 10.1. The molecule has 1 aromatic carbocycles. The second-order valence-electron chi connectivity index (χ2n) is 4.33. The van der Waals surface area contributed by atoms with Gasteiger partial charge < -0.3 is 14.8 Å². The molecule has 1 atom stereocenters. The van der Waals surface area contributed by atoms with Crippen LogP contribution in [0, 0.1) is 6.92 Å². The van der Waals surface area contributed by atoms with Crippen molar-refractivity contribution in [2.75, 3.05) is 5.32 Å². The molecule has 0 aliphatic heterocycles. The lowest BCUT2D eigenvalue weighted by Gasteiger charge is -2.14. The van der Waals surface area contributed by atoms with E-state index >= 15 is 0 Å². The Morgan fingerprint density at radius 3 is 2.82 bits per heavy atom. The minimum absolute atomic E-state index is 0.282. The van der Waals surface area contributed by atoms with Gasteiger partial charge >= 0.3 is 0 Å². The summed E-state index contributed by atoms with van der Waals surface area (Å²) in [7, 11) is 0. The van der Waals surface area contributed by atoms with Crippen LogP contribution >= 0.6 is 0 Å². The van der Waals surface area contributed by atoms with Crippen LogP contribution in [0.25, 0.3) is 0 Å². The summed E-state index contributed by atoms with van der Waals surface area (Å²) in [5, 5.41) is 12.8. The van der Waals surface area contributed by atoms with E-state index < -0.39 is 0 Å². The molecule has 2 aromatic rings. The Morgan fingerprint density at radius 1 is 1.35 bits per heavy atom. The van der Waals surface area contributed by atoms with E-state index in [4.69, 9.17) is 4.42 Å². The Bertz CT molecular complexity index is 477. The van der Waals surface area contributed by atoms with Gasteiger partial charge in [0, 0.05) is 18.2 Å². The minimum atomic E-state index is 0.282. The van der Waals surface area contributed by atoms with E-state index in [0.717, 1.165) is 23.4 Å². The quantitative estimate of drug-likeness (QED) is 0.793. The van der Waals surface area contributed by atoms with Gasteiger partial charge in [-0.2, -0.15) is 0 Å². The second-order valence-corrected chi connectivity index (χ2v) is 4.33. The Hall–Kier alpha value is -1.90. The minimum Gasteiger partial charge on any atom is -0.508 e. The molecule has 0 amide bonds. The highest BCUT2D eigenvalue weighted by Gasteiger charge is 2.06. The molecule has 0 radical (unpaired) electrons. The molecule has 3 heteroatoms. The van der Waals surface area contributed by atoms with Crippen LogP contribution in [0.1, 0.15) is 18.2 Å². The van der Waals surface area contributed by atoms with Crippen LogP contribution in [-0.4, -0.2) is 11.1 Å². The third-order valence-corrected chi connectivity index (χ3v) is 2.70. The van der Waals surface area contributed by atoms with Crippen molar-refractivity contribution in [3.05, 3.63) is 47.9 Å². The van der Waals surface area contributed by atoms with E-state index in [-0.39, 0.29) is 6.04 Å². The maximum Gasteiger partial charge on any atom is 0.118 e. The number of hydrogen-bond acceptors (Lipinski definition) is 3. The van der Waals surface area contributed by atoms with Gasteiger partial charge in [-0.1, -0.05) is 0 Å². The fourth-order valence-corrected chi connectivity index (χ4v) is 1.81. The van der Waals surface area contributed by atoms with Gasteiger partial charge in [-0.3, -0.25) is 0 Å². The molecule has 0 fully saturated rings. The van der Waals surface area contributed by atoms with Crippen molar-refractivity contribution in [3.8, 4) is 5.75 Å². The monoisotopic (exact) mass is 231 g/mol. The van der Waals surface area contributed by atoms with Crippen LogP contribution in [0.15, 0.2) is 41.0 Å². The van der Waals surface area contributed by atoms with Gasteiger partial charge in [0.05, 0.1) is 6.26 Å². The summed E-state index contributed by atoms with van der Waals surface area (Å²) in [4.78, 5) is 0. The summed E-state index contributed by atoms with van der Waals surface area (Å²) >= 11 is 0. The molecule has 0 saturated carbocycles. The molecule has 0 aliphatic carbocycles. The number of aromatic hydroxyl groups is 1. The van der Waals surface area contributed by atoms with Gasteiger partial charge in [-0.15, -0.1) is 0 Å². The zero-order valence-corrected chi connectivity index (χ0v) is 10.1. The first-order chi connectivity index (χ1) is 8.15. The molecule has 90 valence electrons. The van der Waals surface area contributed by atoms with E-state index in [1.54, 1.807) is 12.3 Å². The molecular formula is C14H17NO2. The first kappa shape index (κ1) is 11.6. The summed E-state index contributed by atoms with van der Waals surface area (Å²) in [6, 6.07) is 9.67. The molecular weight excluding hydrogens is 214 g/mol. The highest BCUT2D eigenvalue weighted by Crippen LogP contribution is 2.21. The molecule has 0 saturated heterocycles. The fourth-order valence-electron chi connectivity index (χ4n) is 1.81. The molecule has 2 N–H and O–H groups in total. The number of hydrogen-bond donors (Lipinski definition) is 2. The number of phenols is 1. The van der Waals surface area contributed by atoms with E-state index in [9.17, 15) is 5.11 Å². The first-order valence-electron chi connectivity index (χ1n) is 5.73. The molecule has 1 unspecified atom stereocenters. The predicted molar refractivity (Wildman–Crippen MR) is 68.3 cm³/mol. The van der Waals surface area contributed by atoms with Gasteiger partial charge in [0.25, 0.3) is 0 Å². The van der Waals surface area contributed by atoms with Gasteiger partial charge in [-0.05, 0) is 49.7 Å². The largest absolute Gasteiger partial charge is 0.508 e. The third-order valence-electron chi connectivity index (χ3n) is 2.70. The lowest BCUT2D eigenvalue weighted by molar-refractivity contribution is 0.471. The standard InChI is InChI=1S/C14H17NO2/c1-10-8-12(5-6-14(10)16)15-11(2)9-13-4-3-7-17-13/h3-8,11,15-16H,9H2,1-2H3. The van der Waals surface area contributed by atoms with Crippen molar-refractivity contribution in [2.45, 2.75) is 26.3 Å². The van der Waals surface area contributed by atoms with Crippen LogP contribution in [-0.2, 0) is 6.42 Å². The van der Waals surface area contributed by atoms with Crippen molar-refractivity contribution < 1.29 is 9.52 Å². The summed E-state index contributed by atoms with van der Waals surface area (Å²) in [5.41, 5.74) is 1.89. The summed E-state index contributed by atoms with van der Waals surface area (Å²) in [5.74, 6) is 1.30. The van der Waals surface area contributed by atoms with Crippen LogP contribution < -0.4 is 5.32 Å². The molecule has 1 aromatic heterocycles. The Labute approximate surface area is 101 Å². The van der Waals surface area contributed by atoms with E-state index in [2.05, 4.69) is 12.2 Å². The van der Waals surface area contributed by atoms with Crippen LogP contribution in [0.3, 0.4) is 0 Å². The Balaban J connectivity index is 1.98. The molecule has 0 spiro atoms. The molecule has 2 rings (SSSR count). The van der Waals surface area contributed by atoms with E-state index in [1.807, 2.05) is 31.2 Å². The van der Waals surface area contributed by atoms with Crippen molar-refractivity contribution in [3.63, 3.8) is 0 Å². The smallest absolute Gasteiger partial charge is 0.118 e. The van der Waals surface area contributed by atoms with Gasteiger partial charge in [0.2, 0.25) is 0 Å². The number of phenolic OH excluding ortho intramolecular Hbond substituents is 1. The number of anilines is 1. The number of aryl methyl sites for hydroxylation is 1. The maximum atomic E-state index is 9.44. The molecule has 0 bridgehead atoms. The van der Waals surface area contributed by atoms with Gasteiger partial charge in [0.15, 0.2) is 0 Å². The summed E-state index contributed by atoms with van der Waals surface area (Å²) in [6.07, 6.45) is 2.53. The zero-order chi connectivity index (χ0) is 12.3. The SMILES string of the molecule is Cc1cc(NC(C)Cc2ccco2)ccc1O. The molecule has 3 nitrogen and oxygen atoms in total. The summed E-state index contributed by atoms with van der Waals surface area (Å²) < 4.78 is 5.30. The van der Waals surface area contributed by atoms with Crippen molar-refractivity contribution >= 4 is 5.69 Å². The second kappa shape index (κ2) is 4.95. The molecule has 17 heavy (non-hydrogen) atoms. The lowest BCUT2D eigenvalue weighted by Crippen LogP contribution is -2.17. The normalized spacial score (nSPS) is 12.4. The van der Waals surface area contributed by atoms with Crippen LogP contribution in [0.5, 0.6) is 5.75 Å². The van der Waals surface area contributed by atoms with E-state index in [0.29, 0.717) is 5.75 Å². The van der Waals surface area contributed by atoms with Gasteiger partial charge in [0.1, 0.15) is 11.5 Å². The molecule has 0 aliphatic rings. The zero-order valence-electron chi connectivity index (χ0n) is 10.1. The van der Waals surface area contributed by atoms with Crippen LogP contribution in [0.4, 0.5) is 5.69 Å². The first-order valence-corrected chi connectivity index (χ1v) is 5.73. The van der Waals surface area contributed by atoms with Crippen molar-refractivity contribution in [1.29, 1.82) is 0 Å². The highest BCUT2D eigenvalue weighted by atomic mass is 16.3. The average Bonchev–Trinajstić information content (AvgIpc) is 2.76. The highest BCUT2D eigenvalue weighted by molar-refractivity contribution is 5.50. The summed E-state index contributed by atoms with van der Waals surface area (Å²) in [6.45, 7) is 3.99. The average molecular weight is 231 g/mol. The Morgan fingerprint density at radius 2 is 2.18 bits per heavy atom. The van der Waals surface area contributed by atoms with Crippen LogP contribution in [0.2, 0.25) is 0 Å². The third kappa shape index (κ3) is 3.03. The predicted octanol–water partition coefficient (Wildman–Crippen LogP) is 3.34. The maximum absolute atomic E-state index is 9.44. The number of furan rings is 1. The number of benzene rings is 1. The van der Waals surface area contributed by atoms with E-state index in [1.165, 1.54) is 0 Å². The number of rotatable bonds is 4. The van der Waals surface area contributed by atoms with Crippen molar-refractivity contribution in [1.82, 2.24) is 0 Å². The Kier molecular flexibility index (Phi) is 3.38. The molecule has 1 heterocycles. The topological polar surface area (TPSA) is 45.4 Å². The van der Waals surface area contributed by atoms with Gasteiger partial charge in [-0.25, -0.2) is 0 Å².